The fraction of sp³-hybridized carbons (Fsp3) is 0.429. The van der Waals surface area contributed by atoms with Gasteiger partial charge in [-0.15, -0.1) is 0 Å². The molecule has 0 bridgehead atoms. The van der Waals surface area contributed by atoms with Crippen LogP contribution in [0.15, 0.2) is 87.6 Å². The minimum absolute atomic E-state index is 0. The molecule has 34 heavy (non-hydrogen) atoms. The molecule has 0 amide bonds. The average Bonchev–Trinajstić information content (AvgIpc) is 3.54. The molecule has 0 unspecified atom stereocenters. The number of hydrogen-bond donors (Lipinski definition) is 0. The topological polar surface area (TPSA) is 0 Å². The normalized spacial score (nSPS) is 18.2. The first-order valence-corrected chi connectivity index (χ1v) is 25.2. The predicted octanol–water partition coefficient (Wildman–Crippen LogP) is 4.41. The van der Waals surface area contributed by atoms with Crippen LogP contribution in [0.4, 0.5) is 0 Å². The molecule has 0 heterocycles. The van der Waals surface area contributed by atoms with E-state index in [-0.39, 0.29) is 24.8 Å². The summed E-state index contributed by atoms with van der Waals surface area (Å²) < 4.78 is 7.91. The summed E-state index contributed by atoms with van der Waals surface area (Å²) in [4.78, 5) is 0. The van der Waals surface area contributed by atoms with Crippen molar-refractivity contribution in [3.63, 3.8) is 0 Å². The number of rotatable bonds is 3. The molecule has 0 N–H and O–H groups in total. The van der Waals surface area contributed by atoms with Gasteiger partial charge >= 0.3 is 123 Å². The van der Waals surface area contributed by atoms with Crippen LogP contribution in [0.5, 0.6) is 0 Å². The van der Waals surface area contributed by atoms with E-state index in [0.29, 0.717) is 0 Å². The molecular formula is C28H38Cl4Zr2. The second-order valence-corrected chi connectivity index (χ2v) is 24.3. The molecule has 0 saturated heterocycles. The standard InChI is InChI=1S/C16H22.2C5H5.2CH3.4ClH.2Zr/c1-9-7-15(13(5)11(9)3)16-8-10(2)12(4)14(16)6;2*1-2-4-5-3-1;;;;;;;;/h7-8H2,1-6H3;2*1-3H,4H2;2*1H3;4*1H;;/q;;;;;;;;;2*+2/p-4. The first kappa shape index (κ1) is 34.8. The van der Waals surface area contributed by atoms with Gasteiger partial charge in [0, 0.05) is 0 Å². The Hall–Kier alpha value is 0.846. The number of hydrogen-bond acceptors (Lipinski definition) is 0. The minimum atomic E-state index is -1.96. The summed E-state index contributed by atoms with van der Waals surface area (Å²) >= 11 is -2.87. The van der Waals surface area contributed by atoms with Crippen LogP contribution in [-0.2, 0) is 41.1 Å². The number of allylic oxidation sites excluding steroid dienone is 16. The van der Waals surface area contributed by atoms with E-state index in [1.807, 2.05) is 12.2 Å². The van der Waals surface area contributed by atoms with Gasteiger partial charge in [-0.25, -0.2) is 0 Å². The SMILES string of the molecule is CC1=C(C)C(C)=C(C2=C(C)C(C)=C(C)C2)C1.[CH3][Zr+2]([CH3])[C]1=CC=CC1.[Cl-].[Cl-].[Cl][Zr]([Cl])[C]1=CC=CC1. The first-order chi connectivity index (χ1) is 15.0. The van der Waals surface area contributed by atoms with Gasteiger partial charge in [-0.3, -0.25) is 0 Å². The van der Waals surface area contributed by atoms with Crippen LogP contribution < -0.4 is 24.8 Å². The Morgan fingerprint density at radius 3 is 1.32 bits per heavy atom. The van der Waals surface area contributed by atoms with Crippen LogP contribution >= 0.6 is 17.0 Å². The van der Waals surface area contributed by atoms with Crippen LogP contribution in [0.3, 0.4) is 0 Å². The zero-order chi connectivity index (χ0) is 24.0. The van der Waals surface area contributed by atoms with Crippen molar-refractivity contribution in [2.45, 2.75) is 76.5 Å². The van der Waals surface area contributed by atoms with E-state index < -0.39 is 41.1 Å². The fourth-order valence-electron chi connectivity index (χ4n) is 4.22. The number of halogens is 4. The van der Waals surface area contributed by atoms with Gasteiger partial charge in [0.1, 0.15) is 0 Å². The van der Waals surface area contributed by atoms with Crippen LogP contribution in [0.25, 0.3) is 0 Å². The summed E-state index contributed by atoms with van der Waals surface area (Å²) in [6, 6.07) is 0. The van der Waals surface area contributed by atoms with E-state index in [1.54, 1.807) is 25.6 Å². The van der Waals surface area contributed by atoms with Crippen molar-refractivity contribution >= 4 is 17.0 Å². The van der Waals surface area contributed by atoms with E-state index in [0.717, 1.165) is 6.42 Å². The Morgan fingerprint density at radius 2 is 1.12 bits per heavy atom. The molecule has 0 nitrogen and oxygen atoms in total. The maximum absolute atomic E-state index is 5.74. The van der Waals surface area contributed by atoms with Gasteiger partial charge in [0.25, 0.3) is 0 Å². The third kappa shape index (κ3) is 9.62. The summed E-state index contributed by atoms with van der Waals surface area (Å²) in [7, 11) is 11.5. The van der Waals surface area contributed by atoms with Gasteiger partial charge in [-0.1, -0.05) is 11.1 Å². The summed E-state index contributed by atoms with van der Waals surface area (Å²) in [6.07, 6.45) is 17.5. The Labute approximate surface area is 244 Å². The zero-order valence-corrected chi connectivity index (χ0v) is 29.7. The molecule has 0 aromatic heterocycles. The van der Waals surface area contributed by atoms with Gasteiger partial charge in [-0.2, -0.15) is 0 Å². The quantitative estimate of drug-likeness (QED) is 0.410. The van der Waals surface area contributed by atoms with Gasteiger partial charge in [0.15, 0.2) is 0 Å². The van der Waals surface area contributed by atoms with Crippen molar-refractivity contribution in [2.24, 2.45) is 0 Å². The van der Waals surface area contributed by atoms with Crippen molar-refractivity contribution in [1.29, 1.82) is 0 Å². The molecule has 0 aliphatic heterocycles. The molecule has 0 spiro atoms. The molecule has 0 fully saturated rings. The van der Waals surface area contributed by atoms with E-state index in [1.165, 1.54) is 44.8 Å². The third-order valence-electron chi connectivity index (χ3n) is 6.99. The molecular weight excluding hydrogens is 661 g/mol. The van der Waals surface area contributed by atoms with Crippen molar-refractivity contribution in [3.05, 3.63) is 87.6 Å². The Balaban J connectivity index is 0.000000515. The van der Waals surface area contributed by atoms with Crippen LogP contribution in [-0.4, -0.2) is 0 Å². The van der Waals surface area contributed by atoms with Gasteiger partial charge in [-0.05, 0) is 87.8 Å². The molecule has 6 heteroatoms. The summed E-state index contributed by atoms with van der Waals surface area (Å²) in [5.74, 6) is 0. The molecule has 4 aliphatic rings. The summed E-state index contributed by atoms with van der Waals surface area (Å²) in [5, 5.41) is 0. The fourth-order valence-corrected chi connectivity index (χ4v) is 9.45. The molecule has 186 valence electrons. The van der Waals surface area contributed by atoms with Crippen molar-refractivity contribution < 1.29 is 65.9 Å². The maximum atomic E-state index is 5.74. The van der Waals surface area contributed by atoms with E-state index >= 15 is 0 Å². The first-order valence-electron chi connectivity index (χ1n) is 11.5. The van der Waals surface area contributed by atoms with Crippen LogP contribution in [0, 0.1) is 0 Å². The van der Waals surface area contributed by atoms with Gasteiger partial charge in [0.2, 0.25) is 0 Å². The summed E-state index contributed by atoms with van der Waals surface area (Å²) in [6.45, 7) is 13.6. The molecule has 0 atom stereocenters. The van der Waals surface area contributed by atoms with Crippen LogP contribution in [0.2, 0.25) is 9.26 Å². The molecule has 4 rings (SSSR count). The Morgan fingerprint density at radius 1 is 0.676 bits per heavy atom. The molecule has 4 aliphatic carbocycles. The van der Waals surface area contributed by atoms with Gasteiger partial charge < -0.3 is 24.8 Å². The predicted molar refractivity (Wildman–Crippen MR) is 138 cm³/mol. The van der Waals surface area contributed by atoms with Crippen molar-refractivity contribution in [3.8, 4) is 0 Å². The monoisotopic (exact) mass is 694 g/mol. The Kier molecular flexibility index (Phi) is 17.1. The van der Waals surface area contributed by atoms with Crippen molar-refractivity contribution in [2.75, 3.05) is 0 Å². The Bertz CT molecular complexity index is 904. The summed E-state index contributed by atoms with van der Waals surface area (Å²) in [5.41, 5.74) is 12.4. The second kappa shape index (κ2) is 16.6. The second-order valence-electron chi connectivity index (χ2n) is 9.28. The van der Waals surface area contributed by atoms with Crippen LogP contribution in [0.1, 0.15) is 67.2 Å². The van der Waals surface area contributed by atoms with E-state index in [2.05, 4.69) is 75.1 Å². The molecule has 0 aromatic rings. The zero-order valence-electron chi connectivity index (χ0n) is 21.8. The third-order valence-corrected chi connectivity index (χ3v) is 16.0. The van der Waals surface area contributed by atoms with E-state index in [9.17, 15) is 0 Å². The van der Waals surface area contributed by atoms with E-state index in [4.69, 9.17) is 17.0 Å². The molecule has 0 aromatic carbocycles. The average molecular weight is 699 g/mol. The molecule has 0 radical (unpaired) electrons. The molecule has 0 saturated carbocycles. The van der Waals surface area contributed by atoms with Crippen molar-refractivity contribution in [1.82, 2.24) is 0 Å². The van der Waals surface area contributed by atoms with Gasteiger partial charge in [0.05, 0.1) is 0 Å².